The molecule has 32 heavy (non-hydrogen) atoms. The normalized spacial score (nSPS) is 9.88. The summed E-state index contributed by atoms with van der Waals surface area (Å²) in [5.41, 5.74) is 27.2. The maximum Gasteiger partial charge on any atom is 1.00 e. The molecule has 0 aliphatic carbocycles. The number of benzene rings is 2. The molecular formula is C15H20K2N4O9S2. The van der Waals surface area contributed by atoms with Crippen LogP contribution in [-0.4, -0.2) is 32.1 Å². The van der Waals surface area contributed by atoms with Gasteiger partial charge in [-0.1, -0.05) is 0 Å². The molecule has 0 spiro atoms. The molecular weight excluding hydrogens is 523 g/mol. The van der Waals surface area contributed by atoms with Crippen molar-refractivity contribution in [3.63, 3.8) is 0 Å². The van der Waals surface area contributed by atoms with Crippen LogP contribution >= 0.6 is 0 Å². The van der Waals surface area contributed by atoms with Crippen LogP contribution in [0.25, 0.3) is 0 Å². The van der Waals surface area contributed by atoms with Gasteiger partial charge in [0.15, 0.2) is 0 Å². The second-order valence-corrected chi connectivity index (χ2v) is 7.43. The van der Waals surface area contributed by atoms with Crippen molar-refractivity contribution in [1.82, 2.24) is 0 Å². The summed E-state index contributed by atoms with van der Waals surface area (Å²) in [6.45, 7) is 3.87. The van der Waals surface area contributed by atoms with Gasteiger partial charge in [-0.3, -0.25) is 0 Å². The van der Waals surface area contributed by atoms with E-state index in [1.807, 2.05) is 38.1 Å². The van der Waals surface area contributed by atoms with E-state index in [-0.39, 0.29) is 103 Å². The minimum absolute atomic E-state index is 0. The number of nitrogen functional groups attached to an aromatic ring is 4. The van der Waals surface area contributed by atoms with Gasteiger partial charge in [-0.05, 0) is 61.4 Å². The van der Waals surface area contributed by atoms with E-state index in [4.69, 9.17) is 22.9 Å². The maximum atomic E-state index is 9.87. The first kappa shape index (κ1) is 36.6. The standard InChI is InChI=1S/2C7H10N2.CH2O9S2.2K/c2*1-5-4-6(8)2-3-7(5)9;2-1(9-11(3,4)5)10-12(6,7)8;;/h2*2-4H,8-9H2,1H3;(H,3,4,5)(H,6,7,8);;/q;;;2*+1/p-2. The van der Waals surface area contributed by atoms with Crippen molar-refractivity contribution in [2.45, 2.75) is 13.8 Å². The molecule has 0 heterocycles. The second-order valence-electron chi connectivity index (χ2n) is 5.47. The molecule has 168 valence electrons. The molecule has 2 rings (SSSR count). The van der Waals surface area contributed by atoms with Gasteiger partial charge in [0.05, 0.1) is 0 Å². The smallest absolute Gasteiger partial charge is 0.716 e. The van der Waals surface area contributed by atoms with Gasteiger partial charge in [0.1, 0.15) is 0 Å². The van der Waals surface area contributed by atoms with Gasteiger partial charge in [-0.2, -0.15) is 0 Å². The number of rotatable bonds is 2. The third-order valence-electron chi connectivity index (χ3n) is 2.93. The van der Waals surface area contributed by atoms with Crippen molar-refractivity contribution in [3.05, 3.63) is 47.5 Å². The molecule has 0 saturated carbocycles. The molecule has 0 unspecified atom stereocenters. The van der Waals surface area contributed by atoms with Crippen LogP contribution in [0.15, 0.2) is 36.4 Å². The number of anilines is 4. The monoisotopic (exact) mass is 542 g/mol. The first-order valence-corrected chi connectivity index (χ1v) is 10.2. The summed E-state index contributed by atoms with van der Waals surface area (Å²) in [6, 6.07) is 10.9. The van der Waals surface area contributed by atoms with Crippen LogP contribution < -0.4 is 126 Å². The third-order valence-corrected chi connectivity index (χ3v) is 3.61. The third kappa shape index (κ3) is 19.5. The number of hydrogen-bond donors (Lipinski definition) is 4. The molecule has 2 aromatic carbocycles. The SMILES string of the molecule is Cc1cc(N)ccc1N.Cc1cc(N)ccc1N.O=C(OS(=O)(=O)[O-])OS(=O)(=O)[O-].[K+].[K+]. The van der Waals surface area contributed by atoms with Crippen LogP contribution in [0.3, 0.4) is 0 Å². The largest absolute Gasteiger partial charge is 1.00 e. The van der Waals surface area contributed by atoms with Crippen LogP contribution in [0.5, 0.6) is 0 Å². The molecule has 0 amide bonds. The molecule has 13 nitrogen and oxygen atoms in total. The summed E-state index contributed by atoms with van der Waals surface area (Å²) in [7, 11) is -10.8. The minimum atomic E-state index is -5.42. The summed E-state index contributed by atoms with van der Waals surface area (Å²) < 4.78 is 62.9. The predicted octanol–water partition coefficient (Wildman–Crippen LogP) is -5.61. The Morgan fingerprint density at radius 1 is 0.719 bits per heavy atom. The van der Waals surface area contributed by atoms with Gasteiger partial charge in [-0.15, -0.1) is 0 Å². The summed E-state index contributed by atoms with van der Waals surface area (Å²) in [4.78, 5) is 9.87. The predicted molar refractivity (Wildman–Crippen MR) is 107 cm³/mol. The summed E-state index contributed by atoms with van der Waals surface area (Å²) in [5.74, 6) is 0. The fraction of sp³-hybridized carbons (Fsp3) is 0.133. The van der Waals surface area contributed by atoms with E-state index >= 15 is 0 Å². The van der Waals surface area contributed by atoms with Gasteiger partial charge < -0.3 is 40.4 Å². The fourth-order valence-corrected chi connectivity index (χ4v) is 2.02. The van der Waals surface area contributed by atoms with Crippen molar-refractivity contribution >= 4 is 49.7 Å². The Morgan fingerprint density at radius 2 is 1.00 bits per heavy atom. The summed E-state index contributed by atoms with van der Waals surface area (Å²) in [5, 5.41) is 0. The van der Waals surface area contributed by atoms with E-state index < -0.39 is 27.0 Å². The number of aryl methyl sites for hydroxylation is 2. The molecule has 0 radical (unpaired) electrons. The van der Waals surface area contributed by atoms with Crippen LogP contribution in [-0.2, 0) is 29.2 Å². The first-order valence-electron chi connectivity index (χ1n) is 7.58. The van der Waals surface area contributed by atoms with Gasteiger partial charge >= 0.3 is 109 Å². The molecule has 0 aliphatic rings. The Bertz CT molecular complexity index is 1010. The molecule has 0 aromatic heterocycles. The average molecular weight is 543 g/mol. The number of carbonyl (C=O) groups is 1. The number of hydrogen-bond acceptors (Lipinski definition) is 13. The zero-order chi connectivity index (χ0) is 23.7. The van der Waals surface area contributed by atoms with Crippen molar-refractivity contribution in [2.75, 3.05) is 22.9 Å². The van der Waals surface area contributed by atoms with E-state index in [0.717, 1.165) is 33.9 Å². The summed E-state index contributed by atoms with van der Waals surface area (Å²) >= 11 is 0. The van der Waals surface area contributed by atoms with Crippen LogP contribution in [0.2, 0.25) is 0 Å². The first-order chi connectivity index (χ1) is 13.5. The van der Waals surface area contributed by atoms with Gasteiger partial charge in [0, 0.05) is 22.7 Å². The van der Waals surface area contributed by atoms with Crippen LogP contribution in [0.4, 0.5) is 27.5 Å². The van der Waals surface area contributed by atoms with Crippen molar-refractivity contribution < 1.29 is 142 Å². The molecule has 0 aliphatic heterocycles. The maximum absolute atomic E-state index is 9.87. The zero-order valence-corrected chi connectivity index (χ0v) is 25.6. The Hall–Kier alpha value is 0.00273. The number of carbonyl (C=O) groups excluding carboxylic acids is 1. The zero-order valence-electron chi connectivity index (χ0n) is 17.8. The topological polar surface area (TPSA) is 254 Å². The Balaban J connectivity index is -0.000000386. The van der Waals surface area contributed by atoms with Crippen LogP contribution in [0.1, 0.15) is 11.1 Å². The van der Waals surface area contributed by atoms with Gasteiger partial charge in [0.25, 0.3) is 20.8 Å². The average Bonchev–Trinajstić information content (AvgIpc) is 2.53. The molecule has 17 heteroatoms. The van der Waals surface area contributed by atoms with E-state index in [0.29, 0.717) is 0 Å². The summed E-state index contributed by atoms with van der Waals surface area (Å²) in [6.07, 6.45) is -2.42. The molecule has 0 saturated heterocycles. The van der Waals surface area contributed by atoms with Gasteiger partial charge in [0.2, 0.25) is 0 Å². The Labute approximate surface area is 271 Å². The second kappa shape index (κ2) is 16.6. The van der Waals surface area contributed by atoms with Crippen molar-refractivity contribution in [2.24, 2.45) is 0 Å². The van der Waals surface area contributed by atoms with E-state index in [1.54, 1.807) is 12.1 Å². The quantitative estimate of drug-likeness (QED) is 0.120. The Morgan fingerprint density at radius 3 is 1.19 bits per heavy atom. The molecule has 0 bridgehead atoms. The molecule has 2 aromatic rings. The van der Waals surface area contributed by atoms with E-state index in [2.05, 4.69) is 8.37 Å². The van der Waals surface area contributed by atoms with E-state index in [9.17, 15) is 30.7 Å². The molecule has 8 N–H and O–H groups in total. The van der Waals surface area contributed by atoms with Crippen molar-refractivity contribution in [3.8, 4) is 0 Å². The number of nitrogens with two attached hydrogens (primary N) is 4. The van der Waals surface area contributed by atoms with Crippen LogP contribution in [0, 0.1) is 13.8 Å². The fourth-order valence-electron chi connectivity index (χ4n) is 1.58. The Kier molecular flexibility index (Phi) is 19.0. The minimum Gasteiger partial charge on any atom is -0.716 e. The molecule has 0 atom stereocenters. The molecule has 0 fully saturated rings. The van der Waals surface area contributed by atoms with E-state index in [1.165, 1.54) is 0 Å². The van der Waals surface area contributed by atoms with Crippen molar-refractivity contribution in [1.29, 1.82) is 0 Å². The van der Waals surface area contributed by atoms with Gasteiger partial charge in [-0.25, -0.2) is 21.6 Å².